The van der Waals surface area contributed by atoms with Crippen LogP contribution in [0.2, 0.25) is 0 Å². The summed E-state index contributed by atoms with van der Waals surface area (Å²) in [7, 11) is 1.67. The van der Waals surface area contributed by atoms with Crippen molar-refractivity contribution in [3.8, 4) is 0 Å². The second-order valence-corrected chi connectivity index (χ2v) is 4.31. The van der Waals surface area contributed by atoms with Gasteiger partial charge in [0, 0.05) is 13.1 Å². The summed E-state index contributed by atoms with van der Waals surface area (Å²) in [6.07, 6.45) is 1.91. The van der Waals surface area contributed by atoms with Gasteiger partial charge in [-0.2, -0.15) is 0 Å². The van der Waals surface area contributed by atoms with Gasteiger partial charge >= 0.3 is 6.03 Å². The maximum absolute atomic E-state index is 11.5. The molecular weight excluding hydrogens is 216 g/mol. The molecule has 5 heteroatoms. The molecule has 0 aliphatic carbocycles. The Morgan fingerprint density at radius 2 is 1.93 bits per heavy atom. The summed E-state index contributed by atoms with van der Waals surface area (Å²) in [5.74, 6) is -0.461. The number of alkyl halides is 1. The summed E-state index contributed by atoms with van der Waals surface area (Å²) in [5, 5.41) is 1.54. The van der Waals surface area contributed by atoms with Crippen molar-refractivity contribution in [3.05, 3.63) is 0 Å². The van der Waals surface area contributed by atoms with E-state index in [0.29, 0.717) is 0 Å². The third kappa shape index (κ3) is 5.02. The van der Waals surface area contributed by atoms with Crippen LogP contribution in [0, 0.1) is 0 Å². The molecule has 0 rings (SSSR count). The highest BCUT2D eigenvalue weighted by Crippen LogP contribution is 2.04. The van der Waals surface area contributed by atoms with Crippen LogP contribution in [-0.4, -0.2) is 35.3 Å². The van der Waals surface area contributed by atoms with Crippen molar-refractivity contribution in [1.82, 2.24) is 10.2 Å². The van der Waals surface area contributed by atoms with Gasteiger partial charge in [0.1, 0.15) is 5.38 Å². The second-order valence-electron chi connectivity index (χ2n) is 3.66. The first-order chi connectivity index (χ1) is 6.90. The van der Waals surface area contributed by atoms with Crippen molar-refractivity contribution in [2.75, 3.05) is 7.05 Å². The zero-order chi connectivity index (χ0) is 12.0. The van der Waals surface area contributed by atoms with Crippen LogP contribution < -0.4 is 5.32 Å². The van der Waals surface area contributed by atoms with Crippen LogP contribution in [0.25, 0.3) is 0 Å². The number of hydrogen-bond acceptors (Lipinski definition) is 2. The zero-order valence-corrected chi connectivity index (χ0v) is 10.5. The van der Waals surface area contributed by atoms with E-state index in [9.17, 15) is 9.59 Å². The van der Waals surface area contributed by atoms with Gasteiger partial charge in [0.2, 0.25) is 5.91 Å². The minimum atomic E-state index is -0.691. The quantitative estimate of drug-likeness (QED) is 0.757. The molecule has 88 valence electrons. The fourth-order valence-corrected chi connectivity index (χ4v) is 1.16. The Balaban J connectivity index is 4.15. The highest BCUT2D eigenvalue weighted by molar-refractivity contribution is 6.31. The molecule has 0 aromatic carbocycles. The van der Waals surface area contributed by atoms with Crippen molar-refractivity contribution in [1.29, 1.82) is 0 Å². The molecular formula is C10H19ClN2O2. The average molecular weight is 235 g/mol. The summed E-state index contributed by atoms with van der Waals surface area (Å²) in [4.78, 5) is 24.2. The van der Waals surface area contributed by atoms with Crippen LogP contribution in [0.15, 0.2) is 0 Å². The lowest BCUT2D eigenvalue weighted by molar-refractivity contribution is -0.119. The van der Waals surface area contributed by atoms with Crippen LogP contribution in [0.4, 0.5) is 4.79 Å². The smallest absolute Gasteiger partial charge is 0.324 e. The lowest BCUT2D eigenvalue weighted by Crippen LogP contribution is -2.46. The lowest BCUT2D eigenvalue weighted by atomic mass is 10.2. The highest BCUT2D eigenvalue weighted by Gasteiger charge is 2.19. The number of rotatable bonds is 4. The predicted molar refractivity (Wildman–Crippen MR) is 61.0 cm³/mol. The van der Waals surface area contributed by atoms with Gasteiger partial charge in [-0.05, 0) is 20.3 Å². The monoisotopic (exact) mass is 234 g/mol. The first-order valence-corrected chi connectivity index (χ1v) is 5.55. The van der Waals surface area contributed by atoms with Gasteiger partial charge in [0.05, 0.1) is 0 Å². The number of carbonyl (C=O) groups is 2. The Kier molecular flexibility index (Phi) is 6.32. The van der Waals surface area contributed by atoms with E-state index < -0.39 is 17.3 Å². The Labute approximate surface area is 96.0 Å². The van der Waals surface area contributed by atoms with Gasteiger partial charge < -0.3 is 4.90 Å². The molecule has 0 aliphatic rings. The van der Waals surface area contributed by atoms with E-state index in [4.69, 9.17) is 11.6 Å². The van der Waals surface area contributed by atoms with Crippen molar-refractivity contribution in [2.45, 2.75) is 45.0 Å². The van der Waals surface area contributed by atoms with Gasteiger partial charge in [-0.3, -0.25) is 10.1 Å². The average Bonchev–Trinajstić information content (AvgIpc) is 2.16. The molecule has 0 aromatic heterocycles. The van der Waals surface area contributed by atoms with Crippen LogP contribution in [0.3, 0.4) is 0 Å². The molecule has 0 aromatic rings. The zero-order valence-electron chi connectivity index (χ0n) is 9.71. The molecule has 0 spiro atoms. The first kappa shape index (κ1) is 14.2. The largest absolute Gasteiger partial charge is 0.325 e. The minimum Gasteiger partial charge on any atom is -0.325 e. The van der Waals surface area contributed by atoms with Crippen molar-refractivity contribution < 1.29 is 9.59 Å². The molecule has 0 bridgehead atoms. The topological polar surface area (TPSA) is 49.4 Å². The van der Waals surface area contributed by atoms with E-state index in [1.165, 1.54) is 11.8 Å². The maximum atomic E-state index is 11.5. The standard InChI is InChI=1S/C10H19ClN2O2/c1-5-6-7(2)13(4)10(15)12-9(14)8(3)11/h7-8H,5-6H2,1-4H3,(H,12,14,15). The Morgan fingerprint density at radius 3 is 2.33 bits per heavy atom. The molecule has 0 saturated carbocycles. The normalized spacial score (nSPS) is 14.2. The van der Waals surface area contributed by atoms with Crippen LogP contribution in [0.1, 0.15) is 33.6 Å². The molecule has 0 aliphatic heterocycles. The molecule has 15 heavy (non-hydrogen) atoms. The number of carbonyl (C=O) groups excluding carboxylic acids is 2. The first-order valence-electron chi connectivity index (χ1n) is 5.11. The molecule has 0 heterocycles. The van der Waals surface area contributed by atoms with E-state index >= 15 is 0 Å². The Hall–Kier alpha value is -0.770. The van der Waals surface area contributed by atoms with E-state index in [2.05, 4.69) is 5.32 Å². The van der Waals surface area contributed by atoms with E-state index in [1.54, 1.807) is 7.05 Å². The van der Waals surface area contributed by atoms with Gasteiger partial charge in [-0.25, -0.2) is 4.79 Å². The minimum absolute atomic E-state index is 0.119. The van der Waals surface area contributed by atoms with E-state index in [0.717, 1.165) is 12.8 Å². The molecule has 0 fully saturated rings. The predicted octanol–water partition coefficient (Wildman–Crippen LogP) is 1.97. The van der Waals surface area contributed by atoms with Gasteiger partial charge in [-0.15, -0.1) is 11.6 Å². The number of nitrogens with zero attached hydrogens (tertiary/aromatic N) is 1. The van der Waals surface area contributed by atoms with E-state index in [-0.39, 0.29) is 6.04 Å². The maximum Gasteiger partial charge on any atom is 0.324 e. The third-order valence-electron chi connectivity index (χ3n) is 2.28. The van der Waals surface area contributed by atoms with Gasteiger partial charge in [0.15, 0.2) is 0 Å². The van der Waals surface area contributed by atoms with Crippen molar-refractivity contribution in [3.63, 3.8) is 0 Å². The highest BCUT2D eigenvalue weighted by atomic mass is 35.5. The summed E-state index contributed by atoms with van der Waals surface area (Å²) in [6.45, 7) is 5.52. The van der Waals surface area contributed by atoms with Gasteiger partial charge in [0.25, 0.3) is 0 Å². The number of hydrogen-bond donors (Lipinski definition) is 1. The molecule has 0 saturated heterocycles. The SMILES string of the molecule is CCCC(C)N(C)C(=O)NC(=O)C(C)Cl. The lowest BCUT2D eigenvalue weighted by Gasteiger charge is -2.24. The fourth-order valence-electron chi connectivity index (χ4n) is 1.10. The molecule has 2 unspecified atom stereocenters. The number of halogens is 1. The van der Waals surface area contributed by atoms with Crippen LogP contribution in [-0.2, 0) is 4.79 Å². The van der Waals surface area contributed by atoms with E-state index in [1.807, 2.05) is 13.8 Å². The van der Waals surface area contributed by atoms with Gasteiger partial charge in [-0.1, -0.05) is 13.3 Å². The number of urea groups is 1. The molecule has 3 amide bonds. The number of imide groups is 1. The summed E-state index contributed by atoms with van der Waals surface area (Å²) in [5.41, 5.74) is 0. The van der Waals surface area contributed by atoms with Crippen molar-refractivity contribution >= 4 is 23.5 Å². The fraction of sp³-hybridized carbons (Fsp3) is 0.800. The van der Waals surface area contributed by atoms with Crippen LogP contribution in [0.5, 0.6) is 0 Å². The summed E-state index contributed by atoms with van der Waals surface area (Å²) >= 11 is 5.53. The summed E-state index contributed by atoms with van der Waals surface area (Å²) in [6, 6.07) is -0.276. The van der Waals surface area contributed by atoms with Crippen LogP contribution >= 0.6 is 11.6 Å². The molecule has 1 N–H and O–H groups in total. The second kappa shape index (κ2) is 6.67. The Morgan fingerprint density at radius 1 is 1.40 bits per heavy atom. The number of amides is 3. The molecule has 0 radical (unpaired) electrons. The summed E-state index contributed by atoms with van der Waals surface area (Å²) < 4.78 is 0. The van der Waals surface area contributed by atoms with Crippen molar-refractivity contribution in [2.24, 2.45) is 0 Å². The molecule has 2 atom stereocenters. The third-order valence-corrected chi connectivity index (χ3v) is 2.48. The molecule has 4 nitrogen and oxygen atoms in total. The Bertz CT molecular complexity index is 231. The number of nitrogens with one attached hydrogen (secondary N) is 1.